The first-order valence-corrected chi connectivity index (χ1v) is 6.94. The summed E-state index contributed by atoms with van der Waals surface area (Å²) in [6.07, 6.45) is 11.0. The van der Waals surface area contributed by atoms with Crippen LogP contribution in [0.2, 0.25) is 0 Å². The Morgan fingerprint density at radius 3 is 1.75 bits per heavy atom. The quantitative estimate of drug-likeness (QED) is 0.298. The molecule has 0 N–H and O–H groups in total. The molecule has 0 heterocycles. The smallest absolute Gasteiger partial charge is 0.182 e. The Morgan fingerprint density at radius 1 is 0.750 bits per heavy atom. The van der Waals surface area contributed by atoms with Gasteiger partial charge in [0.1, 0.15) is 0 Å². The Labute approximate surface area is 103 Å². The van der Waals surface area contributed by atoms with Gasteiger partial charge in [0.2, 0.25) is 0 Å². The maximum atomic E-state index is 5.62. The van der Waals surface area contributed by atoms with E-state index < -0.39 is 0 Å². The highest BCUT2D eigenvalue weighted by atomic mass is 16.5. The third kappa shape index (κ3) is 13.9. The van der Waals surface area contributed by atoms with E-state index in [4.69, 9.17) is 4.74 Å². The van der Waals surface area contributed by atoms with Crippen molar-refractivity contribution in [3.05, 3.63) is 0 Å². The van der Waals surface area contributed by atoms with E-state index in [0.29, 0.717) is 0 Å². The van der Waals surface area contributed by atoms with Crippen molar-refractivity contribution in [2.75, 3.05) is 34.5 Å². The van der Waals surface area contributed by atoms with Crippen LogP contribution in [0.4, 0.5) is 0 Å². The highest BCUT2D eigenvalue weighted by Crippen LogP contribution is 2.08. The van der Waals surface area contributed by atoms with Crippen LogP contribution in [0.3, 0.4) is 0 Å². The van der Waals surface area contributed by atoms with Crippen LogP contribution in [0.15, 0.2) is 0 Å². The fraction of sp³-hybridized carbons (Fsp3) is 1.00. The SMILES string of the molecule is CCCCCCCCCCOC[N+](C)(C)C. The summed E-state index contributed by atoms with van der Waals surface area (Å²) in [5, 5.41) is 0. The lowest BCUT2D eigenvalue weighted by atomic mass is 10.1. The molecule has 0 fully saturated rings. The Morgan fingerprint density at radius 2 is 1.25 bits per heavy atom. The molecule has 0 bridgehead atoms. The maximum Gasteiger partial charge on any atom is 0.182 e. The lowest BCUT2D eigenvalue weighted by Crippen LogP contribution is -2.36. The fourth-order valence-corrected chi connectivity index (χ4v) is 1.68. The molecule has 2 nitrogen and oxygen atoms in total. The summed E-state index contributed by atoms with van der Waals surface area (Å²) in [6.45, 7) is 4.03. The van der Waals surface area contributed by atoms with Crippen LogP contribution >= 0.6 is 0 Å². The lowest BCUT2D eigenvalue weighted by molar-refractivity contribution is -0.890. The highest BCUT2D eigenvalue weighted by Gasteiger charge is 2.04. The van der Waals surface area contributed by atoms with E-state index in [0.717, 1.165) is 17.8 Å². The van der Waals surface area contributed by atoms with Crippen LogP contribution in [-0.2, 0) is 4.74 Å². The van der Waals surface area contributed by atoms with Crippen LogP contribution in [-0.4, -0.2) is 39.0 Å². The van der Waals surface area contributed by atoms with Crippen LogP contribution < -0.4 is 0 Å². The number of hydrogen-bond donors (Lipinski definition) is 0. The monoisotopic (exact) mass is 230 g/mol. The zero-order chi connectivity index (χ0) is 12.3. The van der Waals surface area contributed by atoms with Gasteiger partial charge in [-0.15, -0.1) is 0 Å². The zero-order valence-electron chi connectivity index (χ0n) is 11.9. The maximum absolute atomic E-state index is 5.62. The van der Waals surface area contributed by atoms with E-state index in [1.165, 1.54) is 51.4 Å². The Kier molecular flexibility index (Phi) is 10.0. The molecule has 0 aromatic rings. The summed E-state index contributed by atoms with van der Waals surface area (Å²) in [7, 11) is 6.48. The summed E-state index contributed by atoms with van der Waals surface area (Å²) in [5.41, 5.74) is 0. The Bertz CT molecular complexity index is 140. The molecule has 0 amide bonds. The van der Waals surface area contributed by atoms with Gasteiger partial charge in [0.25, 0.3) is 0 Å². The molecular formula is C14H32NO+. The molecule has 0 saturated heterocycles. The van der Waals surface area contributed by atoms with Gasteiger partial charge in [0, 0.05) is 0 Å². The molecule has 0 rings (SSSR count). The topological polar surface area (TPSA) is 9.23 Å². The first-order valence-electron chi connectivity index (χ1n) is 6.94. The van der Waals surface area contributed by atoms with Crippen molar-refractivity contribution in [1.29, 1.82) is 0 Å². The summed E-state index contributed by atoms with van der Waals surface area (Å²) in [4.78, 5) is 0. The van der Waals surface area contributed by atoms with Crippen molar-refractivity contribution in [3.8, 4) is 0 Å². The van der Waals surface area contributed by atoms with Gasteiger partial charge in [0.15, 0.2) is 6.73 Å². The second-order valence-corrected chi connectivity index (χ2v) is 5.80. The molecule has 0 spiro atoms. The first kappa shape index (κ1) is 15.9. The molecule has 0 aliphatic carbocycles. The van der Waals surface area contributed by atoms with Crippen molar-refractivity contribution >= 4 is 0 Å². The molecule has 16 heavy (non-hydrogen) atoms. The second-order valence-electron chi connectivity index (χ2n) is 5.80. The molecule has 0 saturated carbocycles. The summed E-state index contributed by atoms with van der Waals surface area (Å²) in [6, 6.07) is 0. The standard InChI is InChI=1S/C14H32NO/c1-5-6-7-8-9-10-11-12-13-16-14-15(2,3)4/h5-14H2,1-4H3/q+1. The average molecular weight is 230 g/mol. The normalized spacial score (nSPS) is 12.0. The number of nitrogens with zero attached hydrogens (tertiary/aromatic N) is 1. The minimum absolute atomic E-state index is 0.830. The van der Waals surface area contributed by atoms with E-state index in [1.54, 1.807) is 0 Å². The van der Waals surface area contributed by atoms with E-state index >= 15 is 0 Å². The first-order chi connectivity index (χ1) is 7.56. The van der Waals surface area contributed by atoms with E-state index in [2.05, 4.69) is 28.1 Å². The van der Waals surface area contributed by atoms with Crippen LogP contribution in [0, 0.1) is 0 Å². The second kappa shape index (κ2) is 10.1. The summed E-state index contributed by atoms with van der Waals surface area (Å²) in [5.74, 6) is 0. The summed E-state index contributed by atoms with van der Waals surface area (Å²) >= 11 is 0. The third-order valence-corrected chi connectivity index (χ3v) is 2.62. The Hall–Kier alpha value is -0.0800. The molecule has 0 aliphatic heterocycles. The van der Waals surface area contributed by atoms with Gasteiger partial charge in [0.05, 0.1) is 27.7 Å². The van der Waals surface area contributed by atoms with Gasteiger partial charge >= 0.3 is 0 Å². The number of quaternary nitrogens is 1. The van der Waals surface area contributed by atoms with Crippen molar-refractivity contribution in [3.63, 3.8) is 0 Å². The van der Waals surface area contributed by atoms with Gasteiger partial charge in [-0.3, -0.25) is 0 Å². The van der Waals surface area contributed by atoms with Crippen LogP contribution in [0.1, 0.15) is 58.3 Å². The number of ether oxygens (including phenoxy) is 1. The largest absolute Gasteiger partial charge is 0.332 e. The average Bonchev–Trinajstić information content (AvgIpc) is 2.19. The number of hydrogen-bond acceptors (Lipinski definition) is 1. The molecule has 0 radical (unpaired) electrons. The molecular weight excluding hydrogens is 198 g/mol. The van der Waals surface area contributed by atoms with E-state index in [9.17, 15) is 0 Å². The molecule has 0 unspecified atom stereocenters. The third-order valence-electron chi connectivity index (χ3n) is 2.62. The molecule has 0 aromatic carbocycles. The minimum Gasteiger partial charge on any atom is -0.332 e. The highest BCUT2D eigenvalue weighted by molar-refractivity contribution is 4.45. The van der Waals surface area contributed by atoms with Gasteiger partial charge in [-0.1, -0.05) is 51.9 Å². The van der Waals surface area contributed by atoms with E-state index in [1.807, 2.05) is 0 Å². The minimum atomic E-state index is 0.830. The Balaban J connectivity index is 2.99. The van der Waals surface area contributed by atoms with Crippen molar-refractivity contribution in [1.82, 2.24) is 0 Å². The predicted molar refractivity (Wildman–Crippen MR) is 71.5 cm³/mol. The van der Waals surface area contributed by atoms with Crippen molar-refractivity contribution < 1.29 is 9.22 Å². The number of rotatable bonds is 11. The van der Waals surface area contributed by atoms with Crippen molar-refractivity contribution in [2.45, 2.75) is 58.3 Å². The predicted octanol–water partition coefficient (Wildman–Crippen LogP) is 3.81. The lowest BCUT2D eigenvalue weighted by Gasteiger charge is -2.23. The molecule has 0 aromatic heterocycles. The molecule has 98 valence electrons. The van der Waals surface area contributed by atoms with E-state index in [-0.39, 0.29) is 0 Å². The number of unbranched alkanes of at least 4 members (excludes halogenated alkanes) is 7. The van der Waals surface area contributed by atoms with Crippen LogP contribution in [0.25, 0.3) is 0 Å². The summed E-state index contributed by atoms with van der Waals surface area (Å²) < 4.78 is 6.52. The fourth-order valence-electron chi connectivity index (χ4n) is 1.68. The zero-order valence-corrected chi connectivity index (χ0v) is 11.9. The van der Waals surface area contributed by atoms with Crippen LogP contribution in [0.5, 0.6) is 0 Å². The van der Waals surface area contributed by atoms with Crippen molar-refractivity contribution in [2.24, 2.45) is 0 Å². The van der Waals surface area contributed by atoms with Gasteiger partial charge in [-0.05, 0) is 6.42 Å². The van der Waals surface area contributed by atoms with Gasteiger partial charge < -0.3 is 9.22 Å². The van der Waals surface area contributed by atoms with Gasteiger partial charge in [-0.2, -0.15) is 0 Å². The molecule has 0 atom stereocenters. The van der Waals surface area contributed by atoms with Gasteiger partial charge in [-0.25, -0.2) is 0 Å². The molecule has 0 aliphatic rings. The molecule has 2 heteroatoms.